The number of carbonyl (C=O) groups is 1. The number of fused-ring (bicyclic) bond motifs is 1. The van der Waals surface area contributed by atoms with E-state index in [9.17, 15) is 4.79 Å². The number of carbonyl (C=O) groups excluding carboxylic acids is 1. The Morgan fingerprint density at radius 1 is 0.884 bits per heavy atom. The van der Waals surface area contributed by atoms with Crippen LogP contribution in [-0.2, 0) is 30.7 Å². The third-order valence-corrected chi connectivity index (χ3v) is 8.50. The average Bonchev–Trinajstić information content (AvgIpc) is 2.96. The Balaban J connectivity index is 0.00000215. The molecule has 2 atom stereocenters. The van der Waals surface area contributed by atoms with Crippen molar-refractivity contribution in [1.82, 2.24) is 20.0 Å². The first-order valence-corrected chi connectivity index (χ1v) is 14.8. The van der Waals surface area contributed by atoms with Crippen LogP contribution in [0.5, 0.6) is 0 Å². The summed E-state index contributed by atoms with van der Waals surface area (Å²) in [6.07, 6.45) is 1.65. The molecule has 1 amide bonds. The van der Waals surface area contributed by atoms with Gasteiger partial charge in [0.05, 0.1) is 6.04 Å². The largest absolute Gasteiger partial charge is 0.368 e. The highest BCUT2D eigenvalue weighted by Crippen LogP contribution is 2.24. The number of hydrogen-bond donors (Lipinski definition) is 1. The summed E-state index contributed by atoms with van der Waals surface area (Å²) in [5, 5.41) is 4.42. The van der Waals surface area contributed by atoms with Crippen molar-refractivity contribution in [2.24, 2.45) is 0 Å². The molecule has 0 aliphatic carbocycles. The number of para-hydroxylation sites is 1. The number of piperazine rings is 1. The van der Waals surface area contributed by atoms with Crippen LogP contribution < -0.4 is 10.2 Å². The van der Waals surface area contributed by atoms with E-state index < -0.39 is 0 Å². The van der Waals surface area contributed by atoms with Gasteiger partial charge in [0.15, 0.2) is 0 Å². The molecule has 1 fully saturated rings. The van der Waals surface area contributed by atoms with Crippen LogP contribution in [0, 0.1) is 0 Å². The molecule has 1 N–H and O–H groups in total. The van der Waals surface area contributed by atoms with Gasteiger partial charge in [-0.3, -0.25) is 9.69 Å². The van der Waals surface area contributed by atoms with E-state index in [0.717, 1.165) is 62.8 Å². The van der Waals surface area contributed by atoms with E-state index in [1.54, 1.807) is 0 Å². The maximum absolute atomic E-state index is 14.1. The summed E-state index contributed by atoms with van der Waals surface area (Å²) in [5.74, 6) is 0.217. The lowest BCUT2D eigenvalue weighted by atomic mass is 9.95. The molecule has 2 aliphatic rings. The lowest BCUT2D eigenvalue weighted by Crippen LogP contribution is -2.57. The normalized spacial score (nSPS) is 16.9. The van der Waals surface area contributed by atoms with Crippen molar-refractivity contribution in [3.8, 4) is 0 Å². The van der Waals surface area contributed by atoms with Gasteiger partial charge in [0.2, 0.25) is 5.91 Å². The van der Waals surface area contributed by atoms with Crippen LogP contribution in [0.15, 0.2) is 72.8 Å². The first kappa shape index (κ1) is 37.2. The topological polar surface area (TPSA) is 42.1 Å². The Morgan fingerprint density at radius 3 is 2.19 bits per heavy atom. The predicted octanol–water partition coefficient (Wildman–Crippen LogP) is 5.57. The van der Waals surface area contributed by atoms with Crippen molar-refractivity contribution in [2.75, 3.05) is 58.8 Å². The Morgan fingerprint density at radius 2 is 1.51 bits per heavy atom. The van der Waals surface area contributed by atoms with Gasteiger partial charge in [-0.05, 0) is 74.4 Å². The number of hydrogen-bond acceptors (Lipinski definition) is 5. The zero-order valence-electron chi connectivity index (χ0n) is 25.2. The molecule has 5 rings (SSSR count). The average molecular weight is 670 g/mol. The molecule has 2 aliphatic heterocycles. The van der Waals surface area contributed by atoms with Gasteiger partial charge in [-0.1, -0.05) is 66.2 Å². The minimum absolute atomic E-state index is 0. The molecule has 0 radical (unpaired) electrons. The van der Waals surface area contributed by atoms with Crippen molar-refractivity contribution in [3.05, 3.63) is 100 Å². The van der Waals surface area contributed by atoms with Crippen LogP contribution in [0.2, 0.25) is 5.02 Å². The Hall–Kier alpha value is -2.03. The maximum Gasteiger partial charge on any atom is 0.240 e. The zero-order chi connectivity index (χ0) is 28.1. The highest BCUT2D eigenvalue weighted by Gasteiger charge is 2.32. The van der Waals surface area contributed by atoms with Gasteiger partial charge in [-0.25, -0.2) is 0 Å². The predicted molar refractivity (Wildman–Crippen MR) is 187 cm³/mol. The molecule has 43 heavy (non-hydrogen) atoms. The number of halogens is 4. The third-order valence-electron chi connectivity index (χ3n) is 8.24. The van der Waals surface area contributed by atoms with Gasteiger partial charge in [0, 0.05) is 62.6 Å². The van der Waals surface area contributed by atoms with Crippen molar-refractivity contribution in [1.29, 1.82) is 0 Å². The van der Waals surface area contributed by atoms with Crippen LogP contribution in [0.4, 0.5) is 5.69 Å². The van der Waals surface area contributed by atoms with Crippen LogP contribution in [0.3, 0.4) is 0 Å². The fraction of sp³-hybridized carbons (Fsp3) is 0.424. The van der Waals surface area contributed by atoms with Gasteiger partial charge in [-0.2, -0.15) is 0 Å². The number of nitrogens with zero attached hydrogens (tertiary/aromatic N) is 4. The highest BCUT2D eigenvalue weighted by molar-refractivity contribution is 6.30. The van der Waals surface area contributed by atoms with E-state index in [0.29, 0.717) is 12.5 Å². The van der Waals surface area contributed by atoms with Crippen LogP contribution in [-0.4, -0.2) is 86.6 Å². The molecule has 1 saturated heterocycles. The zero-order valence-corrected chi connectivity index (χ0v) is 28.5. The standard InChI is InChI=1S/C33H42ClN5O.3ClH/c1-36(2)23-28-10-6-7-11-31(28)38-16-18-39(19-17-38)33(40)32(20-25-12-14-29(34)15-13-25)37(3)24-30-21-26-8-4-5-9-27(26)22-35-30;;;/h4-15,30,32,35H,16-24H2,1-3H3;3*1H/t30-,32-;;;/m1.../s1. The fourth-order valence-electron chi connectivity index (χ4n) is 6.07. The number of nitrogens with one attached hydrogen (secondary N) is 1. The Kier molecular flexibility index (Phi) is 15.1. The summed E-state index contributed by atoms with van der Waals surface area (Å²) >= 11 is 6.17. The monoisotopic (exact) mass is 667 g/mol. The van der Waals surface area contributed by atoms with Crippen molar-refractivity contribution in [3.63, 3.8) is 0 Å². The molecule has 0 unspecified atom stereocenters. The summed E-state index contributed by atoms with van der Waals surface area (Å²) in [6.45, 7) is 5.74. The van der Waals surface area contributed by atoms with Crippen LogP contribution >= 0.6 is 48.8 Å². The minimum atomic E-state index is -0.229. The summed E-state index contributed by atoms with van der Waals surface area (Å²) in [4.78, 5) is 23.1. The fourth-order valence-corrected chi connectivity index (χ4v) is 6.20. The summed E-state index contributed by atoms with van der Waals surface area (Å²) < 4.78 is 0. The van der Waals surface area contributed by atoms with Crippen molar-refractivity contribution < 1.29 is 4.79 Å². The molecule has 0 bridgehead atoms. The van der Waals surface area contributed by atoms with E-state index in [1.807, 2.05) is 24.3 Å². The number of anilines is 1. The molecule has 236 valence electrons. The van der Waals surface area contributed by atoms with Crippen molar-refractivity contribution in [2.45, 2.75) is 38.0 Å². The molecule has 2 heterocycles. The smallest absolute Gasteiger partial charge is 0.240 e. The Bertz CT molecular complexity index is 1280. The number of amides is 1. The number of likely N-dealkylation sites (N-methyl/N-ethyl adjacent to an activating group) is 1. The van der Waals surface area contributed by atoms with Gasteiger partial charge in [0.25, 0.3) is 0 Å². The van der Waals surface area contributed by atoms with Gasteiger partial charge < -0.3 is 20.0 Å². The molecular weight excluding hydrogens is 624 g/mol. The second-order valence-corrected chi connectivity index (χ2v) is 12.0. The number of rotatable bonds is 9. The molecule has 10 heteroatoms. The molecular formula is C33H45Cl4N5O. The molecule has 3 aromatic rings. The summed E-state index contributed by atoms with van der Waals surface area (Å²) in [7, 11) is 6.31. The maximum atomic E-state index is 14.1. The molecule has 0 spiro atoms. The number of benzene rings is 3. The summed E-state index contributed by atoms with van der Waals surface area (Å²) in [5.41, 5.74) is 6.52. The van der Waals surface area contributed by atoms with Crippen molar-refractivity contribution >= 4 is 60.4 Å². The SMILES string of the molecule is CN(C)Cc1ccccc1N1CCN(C(=O)[C@@H](Cc2ccc(Cl)cc2)N(C)C[C@H]2Cc3ccccc3CN2)CC1.Cl.Cl.Cl. The molecule has 0 aromatic heterocycles. The quantitative estimate of drug-likeness (QED) is 0.323. The molecule has 6 nitrogen and oxygen atoms in total. The van der Waals surface area contributed by atoms with Crippen LogP contribution in [0.1, 0.15) is 22.3 Å². The molecule has 3 aromatic carbocycles. The van der Waals surface area contributed by atoms with E-state index in [4.69, 9.17) is 11.6 Å². The first-order valence-electron chi connectivity index (χ1n) is 14.4. The van der Waals surface area contributed by atoms with E-state index in [1.165, 1.54) is 22.4 Å². The highest BCUT2D eigenvalue weighted by atomic mass is 35.5. The minimum Gasteiger partial charge on any atom is -0.368 e. The van der Waals surface area contributed by atoms with Gasteiger partial charge in [0.1, 0.15) is 0 Å². The second-order valence-electron chi connectivity index (χ2n) is 11.5. The Labute approximate surface area is 281 Å². The van der Waals surface area contributed by atoms with E-state index in [-0.39, 0.29) is 49.2 Å². The summed E-state index contributed by atoms with van der Waals surface area (Å²) in [6, 6.07) is 25.3. The van der Waals surface area contributed by atoms with E-state index in [2.05, 4.69) is 94.6 Å². The van der Waals surface area contributed by atoms with Crippen LogP contribution in [0.25, 0.3) is 0 Å². The second kappa shape index (κ2) is 17.5. The lowest BCUT2D eigenvalue weighted by Gasteiger charge is -2.40. The van der Waals surface area contributed by atoms with Gasteiger partial charge >= 0.3 is 0 Å². The van der Waals surface area contributed by atoms with E-state index >= 15 is 0 Å². The molecule has 0 saturated carbocycles. The van der Waals surface area contributed by atoms with Gasteiger partial charge in [-0.15, -0.1) is 37.2 Å². The lowest BCUT2D eigenvalue weighted by molar-refractivity contribution is -0.137. The third kappa shape index (κ3) is 9.73. The first-order chi connectivity index (χ1) is 19.4.